The van der Waals surface area contributed by atoms with Crippen molar-refractivity contribution in [3.05, 3.63) is 66.1 Å². The highest BCUT2D eigenvalue weighted by Crippen LogP contribution is 2.26. The van der Waals surface area contributed by atoms with E-state index >= 15 is 0 Å². The van der Waals surface area contributed by atoms with Crippen LogP contribution >= 0.6 is 0 Å². The van der Waals surface area contributed by atoms with Crippen LogP contribution in [-0.2, 0) is 19.6 Å². The summed E-state index contributed by atoms with van der Waals surface area (Å²) in [5.41, 5.74) is 0.138. The zero-order valence-corrected chi connectivity index (χ0v) is 16.1. The van der Waals surface area contributed by atoms with E-state index in [0.717, 1.165) is 5.56 Å². The van der Waals surface area contributed by atoms with Gasteiger partial charge < -0.3 is 9.15 Å². The third-order valence-corrected chi connectivity index (χ3v) is 4.88. The fourth-order valence-corrected chi connectivity index (χ4v) is 3.36. The average Bonchev–Trinajstić information content (AvgIpc) is 3.05. The van der Waals surface area contributed by atoms with Gasteiger partial charge in [0.25, 0.3) is 0 Å². The normalized spacial score (nSPS) is 13.2. The first kappa shape index (κ1) is 19.9. The van der Waals surface area contributed by atoms with Crippen molar-refractivity contribution in [1.29, 1.82) is 0 Å². The zero-order chi connectivity index (χ0) is 19.5. The molecule has 0 saturated carbocycles. The highest BCUT2D eigenvalue weighted by atomic mass is 32.2. The van der Waals surface area contributed by atoms with Gasteiger partial charge >= 0.3 is 5.97 Å². The SMILES string of the molecule is C=C(C(=O)OC(C)(C)C)[C@@H](NS(=O)(=O)c1ccc(C)cc1)c1ccco1. The number of sulfonamides is 1. The highest BCUT2D eigenvalue weighted by molar-refractivity contribution is 7.89. The van der Waals surface area contributed by atoms with Crippen LogP contribution in [0, 0.1) is 6.92 Å². The molecule has 1 heterocycles. The maximum atomic E-state index is 12.7. The second-order valence-corrected chi connectivity index (χ2v) is 8.62. The fraction of sp³-hybridized carbons (Fsp3) is 0.316. The van der Waals surface area contributed by atoms with E-state index in [0.29, 0.717) is 0 Å². The maximum absolute atomic E-state index is 12.7. The molecule has 1 aromatic carbocycles. The van der Waals surface area contributed by atoms with Crippen molar-refractivity contribution in [2.45, 2.75) is 44.2 Å². The van der Waals surface area contributed by atoms with Gasteiger partial charge in [-0.25, -0.2) is 13.2 Å². The summed E-state index contributed by atoms with van der Waals surface area (Å²) in [6.45, 7) is 10.7. The van der Waals surface area contributed by atoms with E-state index in [-0.39, 0.29) is 16.2 Å². The molecule has 0 bridgehead atoms. The third-order valence-electron chi connectivity index (χ3n) is 3.44. The van der Waals surface area contributed by atoms with Crippen molar-refractivity contribution in [1.82, 2.24) is 4.72 Å². The molecule has 0 aliphatic heterocycles. The van der Waals surface area contributed by atoms with Gasteiger partial charge in [0.2, 0.25) is 10.0 Å². The van der Waals surface area contributed by atoms with E-state index in [2.05, 4.69) is 11.3 Å². The number of rotatable bonds is 6. The van der Waals surface area contributed by atoms with Crippen molar-refractivity contribution in [3.8, 4) is 0 Å². The summed E-state index contributed by atoms with van der Waals surface area (Å²) in [6.07, 6.45) is 1.39. The molecule has 0 aliphatic rings. The summed E-state index contributed by atoms with van der Waals surface area (Å²) in [5.74, 6) is -0.456. The number of ether oxygens (including phenoxy) is 1. The van der Waals surface area contributed by atoms with Crippen LogP contribution in [0.5, 0.6) is 0 Å². The van der Waals surface area contributed by atoms with Crippen molar-refractivity contribution < 1.29 is 22.4 Å². The molecule has 2 rings (SSSR count). The Morgan fingerprint density at radius 2 is 1.81 bits per heavy atom. The lowest BCUT2D eigenvalue weighted by atomic mass is 10.1. The van der Waals surface area contributed by atoms with Crippen molar-refractivity contribution in [2.75, 3.05) is 0 Å². The molecular weight excluding hydrogens is 354 g/mol. The third kappa shape index (κ3) is 5.06. The molecule has 0 fully saturated rings. The number of esters is 1. The molecule has 7 heteroatoms. The maximum Gasteiger partial charge on any atom is 0.336 e. The fourth-order valence-electron chi connectivity index (χ4n) is 2.16. The van der Waals surface area contributed by atoms with E-state index in [9.17, 15) is 13.2 Å². The molecule has 1 atom stereocenters. The average molecular weight is 377 g/mol. The molecule has 0 spiro atoms. The number of hydrogen-bond acceptors (Lipinski definition) is 5. The second kappa shape index (κ2) is 7.47. The van der Waals surface area contributed by atoms with Crippen molar-refractivity contribution in [2.24, 2.45) is 0 Å². The lowest BCUT2D eigenvalue weighted by Crippen LogP contribution is -2.34. The van der Waals surface area contributed by atoms with Crippen LogP contribution in [0.1, 0.15) is 38.1 Å². The number of carbonyl (C=O) groups excluding carboxylic acids is 1. The van der Waals surface area contributed by atoms with Gasteiger partial charge in [-0.05, 0) is 52.0 Å². The van der Waals surface area contributed by atoms with Crippen LogP contribution in [-0.4, -0.2) is 20.0 Å². The number of furan rings is 1. The summed E-state index contributed by atoms with van der Waals surface area (Å²) >= 11 is 0. The van der Waals surface area contributed by atoms with Gasteiger partial charge in [0.05, 0.1) is 16.7 Å². The van der Waals surface area contributed by atoms with Gasteiger partial charge in [-0.1, -0.05) is 24.3 Å². The van der Waals surface area contributed by atoms with Crippen molar-refractivity contribution >= 4 is 16.0 Å². The minimum Gasteiger partial charge on any atom is -0.467 e. The molecule has 0 saturated heterocycles. The Morgan fingerprint density at radius 3 is 2.31 bits per heavy atom. The first-order valence-electron chi connectivity index (χ1n) is 8.04. The van der Waals surface area contributed by atoms with Crippen LogP contribution in [0.15, 0.2) is 64.1 Å². The van der Waals surface area contributed by atoms with Gasteiger partial charge in [0, 0.05) is 0 Å². The van der Waals surface area contributed by atoms with Gasteiger partial charge in [-0.2, -0.15) is 4.72 Å². The smallest absolute Gasteiger partial charge is 0.336 e. The molecule has 0 radical (unpaired) electrons. The summed E-state index contributed by atoms with van der Waals surface area (Å²) in [4.78, 5) is 12.4. The van der Waals surface area contributed by atoms with Crippen LogP contribution in [0.2, 0.25) is 0 Å². The summed E-state index contributed by atoms with van der Waals surface area (Å²) in [6, 6.07) is 8.47. The summed E-state index contributed by atoms with van der Waals surface area (Å²) in [5, 5.41) is 0. The predicted octanol–water partition coefficient (Wildman–Crippen LogP) is 3.51. The lowest BCUT2D eigenvalue weighted by Gasteiger charge is -2.23. The van der Waals surface area contributed by atoms with Crippen LogP contribution in [0.3, 0.4) is 0 Å². The monoisotopic (exact) mass is 377 g/mol. The molecular formula is C19H23NO5S. The number of nitrogens with one attached hydrogen (secondary N) is 1. The Labute approximate surface area is 153 Å². The lowest BCUT2D eigenvalue weighted by molar-refractivity contribution is -0.150. The number of aryl methyl sites for hydroxylation is 1. The number of hydrogen-bond donors (Lipinski definition) is 1. The molecule has 2 aromatic rings. The molecule has 0 unspecified atom stereocenters. The van der Waals surface area contributed by atoms with E-state index in [1.54, 1.807) is 45.0 Å². The van der Waals surface area contributed by atoms with Crippen LogP contribution < -0.4 is 4.72 Å². The number of benzene rings is 1. The zero-order valence-electron chi connectivity index (χ0n) is 15.3. The largest absolute Gasteiger partial charge is 0.467 e. The predicted molar refractivity (Wildman–Crippen MR) is 97.9 cm³/mol. The Hall–Kier alpha value is -2.38. The van der Waals surface area contributed by atoms with E-state index in [1.807, 2.05) is 6.92 Å². The topological polar surface area (TPSA) is 85.6 Å². The Morgan fingerprint density at radius 1 is 1.19 bits per heavy atom. The first-order chi connectivity index (χ1) is 12.0. The van der Waals surface area contributed by atoms with Gasteiger partial charge in [0.1, 0.15) is 17.4 Å². The number of carbonyl (C=O) groups is 1. The Kier molecular flexibility index (Phi) is 5.73. The quantitative estimate of drug-likeness (QED) is 0.615. The molecule has 6 nitrogen and oxygen atoms in total. The molecule has 140 valence electrons. The minimum absolute atomic E-state index is 0.0643. The van der Waals surface area contributed by atoms with Crippen LogP contribution in [0.4, 0.5) is 0 Å². The first-order valence-corrected chi connectivity index (χ1v) is 9.52. The molecule has 1 aromatic heterocycles. The molecule has 0 amide bonds. The highest BCUT2D eigenvalue weighted by Gasteiger charge is 2.31. The Balaban J connectivity index is 2.33. The van der Waals surface area contributed by atoms with E-state index in [4.69, 9.17) is 9.15 Å². The molecule has 1 N–H and O–H groups in total. The van der Waals surface area contributed by atoms with Gasteiger partial charge in [-0.3, -0.25) is 0 Å². The van der Waals surface area contributed by atoms with E-state index < -0.39 is 27.6 Å². The van der Waals surface area contributed by atoms with Crippen LogP contribution in [0.25, 0.3) is 0 Å². The standard InChI is InChI=1S/C19H23NO5S/c1-13-8-10-15(11-9-13)26(22,23)20-17(16-7-6-12-24-16)14(2)18(21)25-19(3,4)5/h6-12,17,20H,2H2,1,3-5H3/t17-/m1/s1. The molecule has 0 aliphatic carbocycles. The second-order valence-electron chi connectivity index (χ2n) is 6.91. The summed E-state index contributed by atoms with van der Waals surface area (Å²) in [7, 11) is -3.90. The molecule has 26 heavy (non-hydrogen) atoms. The van der Waals surface area contributed by atoms with E-state index in [1.165, 1.54) is 18.4 Å². The van der Waals surface area contributed by atoms with Crippen molar-refractivity contribution in [3.63, 3.8) is 0 Å². The van der Waals surface area contributed by atoms with Gasteiger partial charge in [0.15, 0.2) is 0 Å². The minimum atomic E-state index is -3.90. The van der Waals surface area contributed by atoms with Gasteiger partial charge in [-0.15, -0.1) is 0 Å². The summed E-state index contributed by atoms with van der Waals surface area (Å²) < 4.78 is 38.5. The Bertz CT molecular complexity index is 875.